The molecule has 0 spiro atoms. The maximum atomic E-state index is 12.7. The Hall–Kier alpha value is -2.87. The fourth-order valence-electron chi connectivity index (χ4n) is 3.03. The van der Waals surface area contributed by atoms with Crippen molar-refractivity contribution in [2.45, 2.75) is 33.4 Å². The molecule has 148 valence electrons. The van der Waals surface area contributed by atoms with Gasteiger partial charge in [-0.15, -0.1) is 11.3 Å². The first-order chi connectivity index (χ1) is 13.3. The van der Waals surface area contributed by atoms with Crippen LogP contribution in [0.25, 0.3) is 11.3 Å². The molecule has 0 amide bonds. The molecule has 2 aromatic heterocycles. The zero-order valence-electron chi connectivity index (χ0n) is 16.5. The van der Waals surface area contributed by atoms with Crippen molar-refractivity contribution in [1.29, 1.82) is 0 Å². The van der Waals surface area contributed by atoms with Gasteiger partial charge in [-0.25, -0.2) is 9.78 Å². The SMILES string of the molecule is CC(C)Cn1c(N)c(-c2csc(N[C@@H](C)c3ccccc3)n2)c(=O)n(C)c1=O. The Bertz CT molecular complexity index is 1080. The van der Waals surface area contributed by atoms with Gasteiger partial charge in [-0.05, 0) is 18.4 Å². The van der Waals surface area contributed by atoms with Crippen LogP contribution in [0.1, 0.15) is 32.4 Å². The molecule has 3 rings (SSSR count). The Morgan fingerprint density at radius 1 is 1.18 bits per heavy atom. The molecule has 1 atom stereocenters. The van der Waals surface area contributed by atoms with E-state index in [9.17, 15) is 9.59 Å². The van der Waals surface area contributed by atoms with Crippen molar-refractivity contribution < 1.29 is 0 Å². The highest BCUT2D eigenvalue weighted by atomic mass is 32.1. The van der Waals surface area contributed by atoms with E-state index in [4.69, 9.17) is 5.73 Å². The van der Waals surface area contributed by atoms with Crippen LogP contribution in [0.3, 0.4) is 0 Å². The fraction of sp³-hybridized carbons (Fsp3) is 0.350. The van der Waals surface area contributed by atoms with Gasteiger partial charge in [-0.2, -0.15) is 0 Å². The fourth-order valence-corrected chi connectivity index (χ4v) is 3.82. The van der Waals surface area contributed by atoms with E-state index < -0.39 is 11.2 Å². The second-order valence-electron chi connectivity index (χ2n) is 7.23. The highest BCUT2D eigenvalue weighted by molar-refractivity contribution is 7.14. The summed E-state index contributed by atoms with van der Waals surface area (Å²) >= 11 is 1.40. The second kappa shape index (κ2) is 8.02. The van der Waals surface area contributed by atoms with E-state index in [1.807, 2.05) is 51.1 Å². The molecule has 3 aromatic rings. The molecule has 28 heavy (non-hydrogen) atoms. The zero-order valence-corrected chi connectivity index (χ0v) is 17.3. The van der Waals surface area contributed by atoms with Gasteiger partial charge < -0.3 is 11.1 Å². The van der Waals surface area contributed by atoms with Crippen LogP contribution in [0.5, 0.6) is 0 Å². The molecule has 7 nitrogen and oxygen atoms in total. The average Bonchev–Trinajstić information content (AvgIpc) is 3.12. The van der Waals surface area contributed by atoms with Gasteiger partial charge in [0.25, 0.3) is 5.56 Å². The summed E-state index contributed by atoms with van der Waals surface area (Å²) in [7, 11) is 1.47. The van der Waals surface area contributed by atoms with Gasteiger partial charge in [0.1, 0.15) is 11.4 Å². The molecule has 0 aliphatic carbocycles. The standard InChI is InChI=1S/C20H25N5O2S/c1-12(2)10-25-17(21)16(18(26)24(4)20(25)27)15-11-28-19(23-15)22-13(3)14-8-6-5-7-9-14/h5-9,11-13H,10,21H2,1-4H3,(H,22,23)/t13-/m0/s1. The molecule has 0 fully saturated rings. The van der Waals surface area contributed by atoms with Gasteiger partial charge in [0, 0.05) is 19.0 Å². The third-order valence-electron chi connectivity index (χ3n) is 4.53. The summed E-state index contributed by atoms with van der Waals surface area (Å²) in [5, 5.41) is 5.83. The van der Waals surface area contributed by atoms with Crippen molar-refractivity contribution in [1.82, 2.24) is 14.1 Å². The summed E-state index contributed by atoms with van der Waals surface area (Å²) in [6.45, 7) is 6.47. The summed E-state index contributed by atoms with van der Waals surface area (Å²) in [6.07, 6.45) is 0. The molecular weight excluding hydrogens is 374 g/mol. The van der Waals surface area contributed by atoms with Crippen LogP contribution >= 0.6 is 11.3 Å². The Morgan fingerprint density at radius 2 is 1.86 bits per heavy atom. The van der Waals surface area contributed by atoms with Gasteiger partial charge in [0.15, 0.2) is 5.13 Å². The predicted molar refractivity (Wildman–Crippen MR) is 115 cm³/mol. The van der Waals surface area contributed by atoms with Crippen LogP contribution < -0.4 is 22.3 Å². The first-order valence-electron chi connectivity index (χ1n) is 9.16. The summed E-state index contributed by atoms with van der Waals surface area (Å²) in [6, 6.07) is 10.1. The van der Waals surface area contributed by atoms with Crippen LogP contribution in [-0.2, 0) is 13.6 Å². The number of rotatable bonds is 6. The van der Waals surface area contributed by atoms with E-state index in [1.165, 1.54) is 23.0 Å². The monoisotopic (exact) mass is 399 g/mol. The molecule has 0 aliphatic heterocycles. The maximum Gasteiger partial charge on any atom is 0.332 e. The van der Waals surface area contributed by atoms with E-state index in [1.54, 1.807) is 5.38 Å². The maximum absolute atomic E-state index is 12.7. The van der Waals surface area contributed by atoms with E-state index in [2.05, 4.69) is 10.3 Å². The summed E-state index contributed by atoms with van der Waals surface area (Å²) < 4.78 is 2.54. The smallest absolute Gasteiger partial charge is 0.332 e. The highest BCUT2D eigenvalue weighted by Gasteiger charge is 2.20. The molecule has 0 saturated carbocycles. The topological polar surface area (TPSA) is 94.9 Å². The zero-order chi connectivity index (χ0) is 20.4. The molecular formula is C20H25N5O2S. The Morgan fingerprint density at radius 3 is 2.50 bits per heavy atom. The van der Waals surface area contributed by atoms with Crippen molar-refractivity contribution in [3.63, 3.8) is 0 Å². The van der Waals surface area contributed by atoms with Crippen molar-refractivity contribution in [3.8, 4) is 11.3 Å². The van der Waals surface area contributed by atoms with Crippen LogP contribution in [0.2, 0.25) is 0 Å². The lowest BCUT2D eigenvalue weighted by molar-refractivity contribution is 0.494. The molecule has 0 aliphatic rings. The van der Waals surface area contributed by atoms with Gasteiger partial charge in [0.05, 0.1) is 11.7 Å². The third-order valence-corrected chi connectivity index (χ3v) is 5.30. The molecule has 3 N–H and O–H groups in total. The first-order valence-corrected chi connectivity index (χ1v) is 10.0. The lowest BCUT2D eigenvalue weighted by atomic mass is 10.1. The molecule has 0 bridgehead atoms. The quantitative estimate of drug-likeness (QED) is 0.664. The number of nitrogen functional groups attached to an aromatic ring is 1. The number of anilines is 2. The van der Waals surface area contributed by atoms with Crippen molar-refractivity contribution in [2.24, 2.45) is 13.0 Å². The summed E-state index contributed by atoms with van der Waals surface area (Å²) in [4.78, 5) is 29.7. The van der Waals surface area contributed by atoms with Gasteiger partial charge in [-0.1, -0.05) is 44.2 Å². The van der Waals surface area contributed by atoms with E-state index in [0.717, 1.165) is 10.1 Å². The molecule has 1 aromatic carbocycles. The number of hydrogen-bond acceptors (Lipinski definition) is 6. The van der Waals surface area contributed by atoms with Crippen LogP contribution in [0.4, 0.5) is 10.9 Å². The Kier molecular flexibility index (Phi) is 5.69. The lowest BCUT2D eigenvalue weighted by Gasteiger charge is -2.16. The summed E-state index contributed by atoms with van der Waals surface area (Å²) in [5.74, 6) is 0.375. The number of aromatic nitrogens is 3. The number of nitrogens with two attached hydrogens (primary N) is 1. The number of nitrogens with one attached hydrogen (secondary N) is 1. The molecule has 0 radical (unpaired) electrons. The number of nitrogens with zero attached hydrogens (tertiary/aromatic N) is 3. The number of benzene rings is 1. The van der Waals surface area contributed by atoms with E-state index in [0.29, 0.717) is 17.4 Å². The Labute approximate surface area is 167 Å². The van der Waals surface area contributed by atoms with Crippen LogP contribution in [0, 0.1) is 5.92 Å². The molecule has 0 saturated heterocycles. The molecule has 2 heterocycles. The third kappa shape index (κ3) is 3.87. The minimum absolute atomic E-state index is 0.0651. The normalized spacial score (nSPS) is 12.3. The minimum atomic E-state index is -0.435. The highest BCUT2D eigenvalue weighted by Crippen LogP contribution is 2.28. The van der Waals surface area contributed by atoms with Gasteiger partial charge in [0.2, 0.25) is 0 Å². The van der Waals surface area contributed by atoms with Crippen molar-refractivity contribution in [2.75, 3.05) is 11.1 Å². The van der Waals surface area contributed by atoms with Gasteiger partial charge in [-0.3, -0.25) is 13.9 Å². The molecule has 8 heteroatoms. The second-order valence-corrected chi connectivity index (χ2v) is 8.08. The van der Waals surface area contributed by atoms with E-state index >= 15 is 0 Å². The largest absolute Gasteiger partial charge is 0.384 e. The number of thiazole rings is 1. The van der Waals surface area contributed by atoms with Crippen LogP contribution in [-0.4, -0.2) is 14.1 Å². The van der Waals surface area contributed by atoms with Gasteiger partial charge >= 0.3 is 5.69 Å². The lowest BCUT2D eigenvalue weighted by Crippen LogP contribution is -2.41. The predicted octanol–water partition coefficient (Wildman–Crippen LogP) is 3.08. The first kappa shape index (κ1) is 19.9. The Balaban J connectivity index is 1.98. The van der Waals surface area contributed by atoms with Crippen LogP contribution in [0.15, 0.2) is 45.3 Å². The molecule has 0 unspecified atom stereocenters. The minimum Gasteiger partial charge on any atom is -0.384 e. The van der Waals surface area contributed by atoms with Crippen molar-refractivity contribution in [3.05, 3.63) is 62.1 Å². The van der Waals surface area contributed by atoms with Crippen molar-refractivity contribution >= 4 is 22.3 Å². The van der Waals surface area contributed by atoms with E-state index in [-0.39, 0.29) is 23.3 Å². The summed E-state index contributed by atoms with van der Waals surface area (Å²) in [5.41, 5.74) is 7.26. The average molecular weight is 400 g/mol. The number of hydrogen-bond donors (Lipinski definition) is 2.